The Morgan fingerprint density at radius 2 is 2.13 bits per heavy atom. The monoisotopic (exact) mass is 211 g/mol. The number of benzene rings is 1. The van der Waals surface area contributed by atoms with Gasteiger partial charge in [0.15, 0.2) is 5.67 Å². The molecule has 15 heavy (non-hydrogen) atoms. The van der Waals surface area contributed by atoms with Crippen LogP contribution in [0.1, 0.15) is 12.7 Å². The average Bonchev–Trinajstić information content (AvgIpc) is 2.61. The highest BCUT2D eigenvalue weighted by Gasteiger charge is 2.28. The van der Waals surface area contributed by atoms with Gasteiger partial charge < -0.3 is 10.2 Å². The summed E-state index contributed by atoms with van der Waals surface area (Å²) in [5, 5.41) is 0.544. The second kappa shape index (κ2) is 3.31. The Balaban J connectivity index is 2.56. The number of fused-ring (bicyclic) bond motifs is 1. The summed E-state index contributed by atoms with van der Waals surface area (Å²) >= 11 is 0. The fourth-order valence-corrected chi connectivity index (χ4v) is 1.37. The molecule has 0 amide bonds. The van der Waals surface area contributed by atoms with Crippen LogP contribution in [0.2, 0.25) is 0 Å². The maximum atomic E-state index is 13.8. The van der Waals surface area contributed by atoms with Crippen molar-refractivity contribution in [2.45, 2.75) is 12.6 Å². The average molecular weight is 211 g/mol. The van der Waals surface area contributed by atoms with Crippen LogP contribution in [-0.2, 0) is 5.67 Å². The lowest BCUT2D eigenvalue weighted by Crippen LogP contribution is -2.25. The van der Waals surface area contributed by atoms with Crippen LogP contribution in [0.4, 0.5) is 8.78 Å². The van der Waals surface area contributed by atoms with Gasteiger partial charge in [-0.2, -0.15) is 0 Å². The highest BCUT2D eigenvalue weighted by molar-refractivity contribution is 5.78. The molecule has 0 aliphatic carbocycles. The van der Waals surface area contributed by atoms with Gasteiger partial charge in [-0.25, -0.2) is 8.78 Å². The van der Waals surface area contributed by atoms with Crippen LogP contribution in [0.3, 0.4) is 0 Å². The lowest BCUT2D eigenvalue weighted by atomic mass is 10.1. The number of furan rings is 1. The number of halogens is 2. The van der Waals surface area contributed by atoms with E-state index < -0.39 is 5.67 Å². The van der Waals surface area contributed by atoms with E-state index in [1.54, 1.807) is 0 Å². The summed E-state index contributed by atoms with van der Waals surface area (Å²) in [5.41, 5.74) is 4.03. The number of rotatable bonds is 2. The van der Waals surface area contributed by atoms with Gasteiger partial charge in [-0.15, -0.1) is 0 Å². The van der Waals surface area contributed by atoms with Crippen LogP contribution in [0.15, 0.2) is 28.7 Å². The Morgan fingerprint density at radius 1 is 1.40 bits per heavy atom. The van der Waals surface area contributed by atoms with E-state index in [2.05, 4.69) is 0 Å². The molecule has 1 unspecified atom stereocenters. The van der Waals surface area contributed by atoms with Crippen LogP contribution in [0.5, 0.6) is 0 Å². The van der Waals surface area contributed by atoms with E-state index in [-0.39, 0.29) is 18.1 Å². The van der Waals surface area contributed by atoms with Crippen LogP contribution in [-0.4, -0.2) is 6.54 Å². The van der Waals surface area contributed by atoms with Crippen LogP contribution in [0.25, 0.3) is 11.0 Å². The molecule has 0 saturated carbocycles. The second-order valence-corrected chi connectivity index (χ2v) is 3.69. The molecule has 0 fully saturated rings. The van der Waals surface area contributed by atoms with Crippen molar-refractivity contribution in [3.63, 3.8) is 0 Å². The van der Waals surface area contributed by atoms with Gasteiger partial charge in [0.2, 0.25) is 0 Å². The summed E-state index contributed by atoms with van der Waals surface area (Å²) in [4.78, 5) is 0. The van der Waals surface area contributed by atoms with Gasteiger partial charge >= 0.3 is 0 Å². The number of alkyl halides is 1. The Hall–Kier alpha value is -1.42. The molecule has 2 nitrogen and oxygen atoms in total. The highest BCUT2D eigenvalue weighted by Crippen LogP contribution is 2.30. The minimum Gasteiger partial charge on any atom is -0.458 e. The van der Waals surface area contributed by atoms with Crippen LogP contribution < -0.4 is 5.73 Å². The molecule has 0 bridgehead atoms. The van der Waals surface area contributed by atoms with Crippen molar-refractivity contribution in [2.75, 3.05) is 6.54 Å². The van der Waals surface area contributed by atoms with Gasteiger partial charge in [0.1, 0.15) is 17.2 Å². The third kappa shape index (κ3) is 1.72. The number of hydrogen-bond acceptors (Lipinski definition) is 2. The fraction of sp³-hybridized carbons (Fsp3) is 0.273. The lowest BCUT2D eigenvalue weighted by molar-refractivity contribution is 0.167. The largest absolute Gasteiger partial charge is 0.458 e. The van der Waals surface area contributed by atoms with Crippen molar-refractivity contribution in [2.24, 2.45) is 5.73 Å². The summed E-state index contributed by atoms with van der Waals surface area (Å²) in [6.45, 7) is 1.16. The molecular formula is C11H11F2NO. The first-order chi connectivity index (χ1) is 7.03. The normalized spacial score (nSPS) is 15.5. The molecule has 80 valence electrons. The molecule has 1 aromatic carbocycles. The molecule has 1 heterocycles. The van der Waals surface area contributed by atoms with Gasteiger partial charge in [0.05, 0.1) is 0 Å². The van der Waals surface area contributed by atoms with E-state index in [4.69, 9.17) is 10.2 Å². The van der Waals surface area contributed by atoms with E-state index in [0.29, 0.717) is 11.0 Å². The standard InChI is InChI=1S/C11H11F2NO/c1-11(13,6-14)10-5-7-4-8(12)2-3-9(7)15-10/h2-5H,6,14H2,1H3. The molecule has 0 saturated heterocycles. The lowest BCUT2D eigenvalue weighted by Gasteiger charge is -2.13. The van der Waals surface area contributed by atoms with Gasteiger partial charge in [0.25, 0.3) is 0 Å². The zero-order valence-electron chi connectivity index (χ0n) is 8.26. The van der Waals surface area contributed by atoms with Gasteiger partial charge in [-0.05, 0) is 31.2 Å². The fourth-order valence-electron chi connectivity index (χ4n) is 1.37. The van der Waals surface area contributed by atoms with Crippen molar-refractivity contribution < 1.29 is 13.2 Å². The Morgan fingerprint density at radius 3 is 2.80 bits per heavy atom. The van der Waals surface area contributed by atoms with Gasteiger partial charge in [-0.1, -0.05) is 0 Å². The van der Waals surface area contributed by atoms with Gasteiger partial charge in [-0.3, -0.25) is 0 Å². The maximum Gasteiger partial charge on any atom is 0.177 e. The third-order valence-electron chi connectivity index (χ3n) is 2.38. The van der Waals surface area contributed by atoms with Crippen molar-refractivity contribution >= 4 is 11.0 Å². The summed E-state index contributed by atoms with van der Waals surface area (Å²) < 4.78 is 31.9. The smallest absolute Gasteiger partial charge is 0.177 e. The Kier molecular flexibility index (Phi) is 2.23. The summed E-state index contributed by atoms with van der Waals surface area (Å²) in [5.74, 6) is -0.242. The molecule has 0 aliphatic rings. The molecule has 2 N–H and O–H groups in total. The predicted octanol–water partition coefficient (Wildman–Crippen LogP) is 2.72. The number of hydrogen-bond donors (Lipinski definition) is 1. The predicted molar refractivity (Wildman–Crippen MR) is 53.7 cm³/mol. The van der Waals surface area contributed by atoms with Crippen molar-refractivity contribution in [1.82, 2.24) is 0 Å². The molecule has 1 atom stereocenters. The van der Waals surface area contributed by atoms with Gasteiger partial charge in [0, 0.05) is 11.9 Å². The second-order valence-electron chi connectivity index (χ2n) is 3.69. The van der Waals surface area contributed by atoms with Crippen molar-refractivity contribution in [3.05, 3.63) is 35.8 Å². The summed E-state index contributed by atoms with van der Waals surface area (Å²) in [6, 6.07) is 5.52. The zero-order valence-corrected chi connectivity index (χ0v) is 8.26. The first kappa shape index (κ1) is 10.1. The third-order valence-corrected chi connectivity index (χ3v) is 2.38. The topological polar surface area (TPSA) is 39.2 Å². The minimum absolute atomic E-state index is 0.130. The molecule has 2 aromatic rings. The van der Waals surface area contributed by atoms with E-state index in [1.165, 1.54) is 31.2 Å². The molecule has 2 rings (SSSR count). The Bertz CT molecular complexity index is 490. The highest BCUT2D eigenvalue weighted by atomic mass is 19.1. The summed E-state index contributed by atoms with van der Waals surface area (Å²) in [7, 11) is 0. The van der Waals surface area contributed by atoms with Crippen molar-refractivity contribution in [1.29, 1.82) is 0 Å². The molecule has 0 spiro atoms. The van der Waals surface area contributed by atoms with E-state index in [9.17, 15) is 8.78 Å². The quantitative estimate of drug-likeness (QED) is 0.829. The Labute approximate surface area is 85.7 Å². The molecule has 1 aromatic heterocycles. The molecule has 0 aliphatic heterocycles. The zero-order chi connectivity index (χ0) is 11.1. The van der Waals surface area contributed by atoms with Crippen LogP contribution >= 0.6 is 0 Å². The SMILES string of the molecule is CC(F)(CN)c1cc2cc(F)ccc2o1. The summed E-state index contributed by atoms with van der Waals surface area (Å²) in [6.07, 6.45) is 0. The first-order valence-electron chi connectivity index (χ1n) is 4.61. The molecule has 0 radical (unpaired) electrons. The van der Waals surface area contributed by atoms with Crippen LogP contribution in [0, 0.1) is 5.82 Å². The maximum absolute atomic E-state index is 13.8. The number of nitrogens with two attached hydrogens (primary N) is 1. The first-order valence-corrected chi connectivity index (χ1v) is 4.61. The van der Waals surface area contributed by atoms with Crippen molar-refractivity contribution in [3.8, 4) is 0 Å². The van der Waals surface area contributed by atoms with E-state index in [1.807, 2.05) is 0 Å². The molecule has 4 heteroatoms. The van der Waals surface area contributed by atoms with E-state index in [0.717, 1.165) is 0 Å². The van der Waals surface area contributed by atoms with E-state index >= 15 is 0 Å². The molecular weight excluding hydrogens is 200 g/mol. The minimum atomic E-state index is -1.71.